The predicted molar refractivity (Wildman–Crippen MR) is 204 cm³/mol. The number of phenols is 1. The van der Waals surface area contributed by atoms with Crippen LogP contribution in [0.3, 0.4) is 0 Å². The van der Waals surface area contributed by atoms with E-state index in [0.717, 1.165) is 23.2 Å². The van der Waals surface area contributed by atoms with Crippen LogP contribution in [-0.4, -0.2) is 102 Å². The van der Waals surface area contributed by atoms with E-state index in [1.807, 2.05) is 0 Å². The van der Waals surface area contributed by atoms with E-state index in [2.05, 4.69) is 19.9 Å². The molecule has 0 radical (unpaired) electrons. The highest BCUT2D eigenvalue weighted by Gasteiger charge is 2.55. The number of H-pyrrole nitrogens is 1. The number of alkyl halides is 1. The van der Waals surface area contributed by atoms with Crippen LogP contribution in [0, 0.1) is 0 Å². The molecule has 0 aliphatic carbocycles. The molecule has 60 heavy (non-hydrogen) atoms. The number of nitrogens with two attached hydrogens (primary N) is 1. The number of hydrogen-bond acceptors (Lipinski definition) is 19. The second-order valence-electron chi connectivity index (χ2n) is 13.4. The molecule has 318 valence electrons. The smallest absolute Gasteiger partial charge is 0.472 e. The molecule has 2 aromatic carbocycles. The Morgan fingerprint density at radius 2 is 1.70 bits per heavy atom. The van der Waals surface area contributed by atoms with Gasteiger partial charge in [-0.2, -0.15) is 0 Å². The summed E-state index contributed by atoms with van der Waals surface area (Å²) in [7, 11) is -3.97. The number of esters is 1. The number of aromatic amines is 1. The number of rotatable bonds is 8. The fourth-order valence-electron chi connectivity index (χ4n) is 6.63. The molecule has 3 aliphatic rings. The molecule has 5 N–H and O–H groups in total. The topological polar surface area (TPSA) is 290 Å². The predicted octanol–water partition coefficient (Wildman–Crippen LogP) is 2.99. The van der Waals surface area contributed by atoms with Crippen LogP contribution in [0.4, 0.5) is 10.2 Å². The standard InChI is InChI=1S/C34H34FN7O15P2S/c1-50-28-26-22(55-32(28)41-11-10-23(44)40-34(41)46)13-51-58(47,48)56-27-24(35)21(54-31(27)42-16-39-25-29(36)37-15-38-30(25)42)12-52-59(49,57-26)60-14-17-2-8-20(9-3-17)53-33(45)18-4-6-19(43)7-5-18/h2-11,15-16,21-22,24,26-28,31-32,43H,12-14H2,1H3,(H,47,48)(H2,36,37,38)(H,40,44,46)/t21-,22-,24-,26-,27-,28-,31-,32-,59+/m1/s1. The number of benzene rings is 2. The van der Waals surface area contributed by atoms with E-state index in [4.69, 9.17) is 42.8 Å². The van der Waals surface area contributed by atoms with Gasteiger partial charge in [-0.3, -0.25) is 37.0 Å². The Hall–Kier alpha value is -4.84. The van der Waals surface area contributed by atoms with Crippen molar-refractivity contribution < 1.29 is 65.4 Å². The van der Waals surface area contributed by atoms with E-state index in [9.17, 15) is 33.5 Å². The van der Waals surface area contributed by atoms with Crippen molar-refractivity contribution in [3.8, 4) is 11.5 Å². The molecule has 3 aromatic heterocycles. The maximum absolute atomic E-state index is 16.4. The Labute approximate surface area is 340 Å². The van der Waals surface area contributed by atoms with Gasteiger partial charge in [0.2, 0.25) is 0 Å². The van der Waals surface area contributed by atoms with E-state index < -0.39 is 94.2 Å². The molecule has 3 fully saturated rings. The van der Waals surface area contributed by atoms with E-state index in [1.54, 1.807) is 12.1 Å². The van der Waals surface area contributed by atoms with Gasteiger partial charge in [0.05, 0.1) is 25.1 Å². The van der Waals surface area contributed by atoms with Gasteiger partial charge in [-0.05, 0) is 53.3 Å². The summed E-state index contributed by atoms with van der Waals surface area (Å²) in [5.41, 5.74) is 5.27. The monoisotopic (exact) mass is 893 g/mol. The Bertz CT molecular complexity index is 2600. The highest BCUT2D eigenvalue weighted by atomic mass is 32.7. The molecule has 22 nitrogen and oxygen atoms in total. The van der Waals surface area contributed by atoms with E-state index >= 15 is 4.39 Å². The first-order chi connectivity index (χ1) is 28.7. The maximum atomic E-state index is 16.4. The van der Waals surface area contributed by atoms with Crippen molar-refractivity contribution >= 4 is 49.0 Å². The number of phosphoric acid groups is 1. The summed E-state index contributed by atoms with van der Waals surface area (Å²) in [5.74, 6) is -0.587. The van der Waals surface area contributed by atoms with Gasteiger partial charge >= 0.3 is 26.3 Å². The van der Waals surface area contributed by atoms with E-state index in [-0.39, 0.29) is 39.8 Å². The lowest BCUT2D eigenvalue weighted by Crippen LogP contribution is -2.40. The van der Waals surface area contributed by atoms with Gasteiger partial charge in [0, 0.05) is 25.1 Å². The number of phenolic OH excluding ortho intramolecular Hbond substituents is 1. The van der Waals surface area contributed by atoms with Crippen molar-refractivity contribution in [2.24, 2.45) is 0 Å². The zero-order valence-electron chi connectivity index (χ0n) is 30.9. The largest absolute Gasteiger partial charge is 0.508 e. The van der Waals surface area contributed by atoms with Crippen LogP contribution in [0.25, 0.3) is 11.2 Å². The molecule has 0 amide bonds. The third-order valence-electron chi connectivity index (χ3n) is 9.54. The average molecular weight is 894 g/mol. The first-order valence-electron chi connectivity index (χ1n) is 17.8. The molecule has 0 spiro atoms. The van der Waals surface area contributed by atoms with E-state index in [0.29, 0.717) is 16.9 Å². The Balaban J connectivity index is 1.09. The van der Waals surface area contributed by atoms with Gasteiger partial charge in [0.25, 0.3) is 5.56 Å². The number of aromatic nitrogens is 6. The summed E-state index contributed by atoms with van der Waals surface area (Å²) >= 11 is 0.672. The van der Waals surface area contributed by atoms with Crippen LogP contribution in [0.1, 0.15) is 28.4 Å². The molecule has 26 heteroatoms. The molecule has 2 bridgehead atoms. The van der Waals surface area contributed by atoms with Crippen LogP contribution in [0.2, 0.25) is 0 Å². The summed E-state index contributed by atoms with van der Waals surface area (Å²) < 4.78 is 93.0. The number of ether oxygens (including phenoxy) is 4. The number of carbonyl (C=O) groups excluding carboxylic acids is 1. The van der Waals surface area contributed by atoms with Crippen molar-refractivity contribution in [2.75, 3.05) is 26.1 Å². The van der Waals surface area contributed by atoms with Crippen LogP contribution in [0.15, 0.2) is 83.0 Å². The molecule has 3 aliphatic heterocycles. The zero-order valence-corrected chi connectivity index (χ0v) is 33.5. The summed E-state index contributed by atoms with van der Waals surface area (Å²) in [6, 6.07) is 12.7. The third-order valence-corrected chi connectivity index (χ3v) is 14.2. The first-order valence-corrected chi connectivity index (χ1v) is 22.4. The number of nitrogen functional groups attached to an aromatic ring is 1. The fourth-order valence-corrected chi connectivity index (χ4v) is 10.9. The van der Waals surface area contributed by atoms with Crippen LogP contribution in [0.5, 0.6) is 11.5 Å². The van der Waals surface area contributed by atoms with Gasteiger partial charge in [-0.25, -0.2) is 38.1 Å². The van der Waals surface area contributed by atoms with Crippen LogP contribution < -0.4 is 21.7 Å². The Morgan fingerprint density at radius 1 is 0.967 bits per heavy atom. The van der Waals surface area contributed by atoms with Crippen molar-refractivity contribution in [3.05, 3.63) is 105 Å². The number of nitrogens with one attached hydrogen (secondary N) is 1. The molecule has 10 atom stereocenters. The maximum Gasteiger partial charge on any atom is 0.472 e. The number of halogens is 1. The van der Waals surface area contributed by atoms with Gasteiger partial charge in [0.1, 0.15) is 53.9 Å². The number of carbonyl (C=O) groups is 1. The summed E-state index contributed by atoms with van der Waals surface area (Å²) in [6.07, 6.45) is -9.28. The zero-order chi connectivity index (χ0) is 42.3. The molecule has 0 saturated carbocycles. The minimum atomic E-state index is -5.21. The summed E-state index contributed by atoms with van der Waals surface area (Å²) in [4.78, 5) is 62.6. The Morgan fingerprint density at radius 3 is 2.43 bits per heavy atom. The summed E-state index contributed by atoms with van der Waals surface area (Å²) in [6.45, 7) is -6.10. The minimum absolute atomic E-state index is 0.00745. The molecular formula is C34H34FN7O15P2S. The number of hydrogen-bond donors (Lipinski definition) is 4. The average Bonchev–Trinajstić information content (AvgIpc) is 3.89. The number of methoxy groups -OCH3 is 1. The van der Waals surface area contributed by atoms with Crippen molar-refractivity contribution in [1.82, 2.24) is 29.1 Å². The number of anilines is 1. The minimum Gasteiger partial charge on any atom is -0.508 e. The molecule has 6 heterocycles. The number of imidazole rings is 1. The lowest BCUT2D eigenvalue weighted by molar-refractivity contribution is -0.0677. The lowest BCUT2D eigenvalue weighted by Gasteiger charge is -2.28. The number of aromatic hydroxyl groups is 1. The number of phosphoric ester groups is 1. The fraction of sp³-hybridized carbons (Fsp3) is 0.353. The molecule has 8 rings (SSSR count). The normalized spacial score (nSPS) is 30.9. The second-order valence-corrected chi connectivity index (χ2v) is 18.8. The van der Waals surface area contributed by atoms with Gasteiger partial charge in [0.15, 0.2) is 30.1 Å². The van der Waals surface area contributed by atoms with Crippen LogP contribution >= 0.6 is 26.0 Å². The quantitative estimate of drug-likeness (QED) is 0.0989. The van der Waals surface area contributed by atoms with Gasteiger partial charge in [-0.1, -0.05) is 12.1 Å². The SMILES string of the molecule is CO[C@@H]1[C@@H]2O[P@@](=O)(SCc3ccc(OC(=O)c4ccc(O)cc4)cc3)OC[C@H]3O[C@@H](n4cnc5c(N)ncnc54)[C@H](OP(=O)(O)OC[C@H]2O[C@H]1n1ccc(=O)[nH]c1=O)[C@@H]3F. The Kier molecular flexibility index (Phi) is 11.8. The third kappa shape index (κ3) is 8.67. The van der Waals surface area contributed by atoms with Crippen LogP contribution in [-0.2, 0) is 47.2 Å². The van der Waals surface area contributed by atoms with Gasteiger partial charge in [-0.15, -0.1) is 0 Å². The molecular weight excluding hydrogens is 859 g/mol. The highest BCUT2D eigenvalue weighted by Crippen LogP contribution is 2.64. The highest BCUT2D eigenvalue weighted by molar-refractivity contribution is 8.54. The van der Waals surface area contributed by atoms with Crippen molar-refractivity contribution in [2.45, 2.75) is 54.9 Å². The van der Waals surface area contributed by atoms with Gasteiger partial charge < -0.3 is 34.7 Å². The van der Waals surface area contributed by atoms with E-state index in [1.165, 1.54) is 54.4 Å². The molecule has 5 aromatic rings. The molecule has 1 unspecified atom stereocenters. The number of fused-ring (bicyclic) bond motifs is 4. The van der Waals surface area contributed by atoms with Crippen molar-refractivity contribution in [1.29, 1.82) is 0 Å². The first kappa shape index (κ1) is 41.9. The number of nitrogens with zero attached hydrogens (tertiary/aromatic N) is 5. The summed E-state index contributed by atoms with van der Waals surface area (Å²) in [5, 5.41) is 9.51. The molecule has 3 saturated heterocycles. The second kappa shape index (κ2) is 16.9. The lowest BCUT2D eigenvalue weighted by atomic mass is 10.1. The van der Waals surface area contributed by atoms with Crippen molar-refractivity contribution in [3.63, 3.8) is 0 Å².